The summed E-state index contributed by atoms with van der Waals surface area (Å²) in [6.45, 7) is 10.6. The Labute approximate surface area is 119 Å². The molecule has 1 aromatic heterocycles. The van der Waals surface area contributed by atoms with Gasteiger partial charge in [0.15, 0.2) is 0 Å². The van der Waals surface area contributed by atoms with Gasteiger partial charge in [-0.15, -0.1) is 0 Å². The summed E-state index contributed by atoms with van der Waals surface area (Å²) in [6.07, 6.45) is 3.05. The molecule has 0 atom stereocenters. The maximum absolute atomic E-state index is 11.9. The van der Waals surface area contributed by atoms with Crippen LogP contribution in [0.4, 0.5) is 4.79 Å². The number of hydrogen-bond donors (Lipinski definition) is 0. The largest absolute Gasteiger partial charge is 0.444 e. The van der Waals surface area contributed by atoms with E-state index in [-0.39, 0.29) is 6.09 Å². The highest BCUT2D eigenvalue weighted by Crippen LogP contribution is 2.11. The highest BCUT2D eigenvalue weighted by atomic mass is 16.6. The van der Waals surface area contributed by atoms with Crippen molar-refractivity contribution in [3.05, 3.63) is 12.7 Å². The first-order chi connectivity index (χ1) is 9.44. The molecule has 0 radical (unpaired) electrons. The fraction of sp³-hybridized carbons (Fsp3) is 0.769. The van der Waals surface area contributed by atoms with E-state index in [2.05, 4.69) is 15.0 Å². The molecule has 0 spiro atoms. The number of piperazine rings is 1. The molecule has 112 valence electrons. The molecule has 7 nitrogen and oxygen atoms in total. The predicted molar refractivity (Wildman–Crippen MR) is 74.3 cm³/mol. The Balaban J connectivity index is 1.71. The maximum atomic E-state index is 11.9. The Morgan fingerprint density at radius 2 is 1.90 bits per heavy atom. The normalized spacial score (nSPS) is 17.2. The standard InChI is InChI=1S/C13H23N5O2/c1-13(2,3)20-12(19)17-7-4-16(5-8-17)6-9-18-11-14-10-15-18/h10-11H,4-9H2,1-3H3. The lowest BCUT2D eigenvalue weighted by Crippen LogP contribution is -2.50. The summed E-state index contributed by atoms with van der Waals surface area (Å²) < 4.78 is 7.20. The summed E-state index contributed by atoms with van der Waals surface area (Å²) in [6, 6.07) is 0. The lowest BCUT2D eigenvalue weighted by molar-refractivity contribution is 0.0142. The van der Waals surface area contributed by atoms with E-state index in [0.717, 1.165) is 26.2 Å². The Kier molecular flexibility index (Phi) is 4.59. The number of hydrogen-bond acceptors (Lipinski definition) is 5. The van der Waals surface area contributed by atoms with Gasteiger partial charge in [-0.25, -0.2) is 9.78 Å². The first kappa shape index (κ1) is 14.8. The van der Waals surface area contributed by atoms with Gasteiger partial charge in [-0.3, -0.25) is 9.58 Å². The third-order valence-corrected chi connectivity index (χ3v) is 3.14. The van der Waals surface area contributed by atoms with Crippen LogP contribution in [0.3, 0.4) is 0 Å². The summed E-state index contributed by atoms with van der Waals surface area (Å²) >= 11 is 0. The van der Waals surface area contributed by atoms with Gasteiger partial charge in [0.25, 0.3) is 0 Å². The molecule has 0 aliphatic carbocycles. The van der Waals surface area contributed by atoms with Crippen molar-refractivity contribution in [2.45, 2.75) is 32.9 Å². The number of aromatic nitrogens is 3. The minimum atomic E-state index is -0.429. The molecule has 0 bridgehead atoms. The molecule has 0 N–H and O–H groups in total. The molecule has 0 saturated carbocycles. The van der Waals surface area contributed by atoms with Gasteiger partial charge < -0.3 is 9.64 Å². The van der Waals surface area contributed by atoms with Crippen LogP contribution < -0.4 is 0 Å². The second kappa shape index (κ2) is 6.21. The molecule has 0 aromatic carbocycles. The second-order valence-corrected chi connectivity index (χ2v) is 5.97. The van der Waals surface area contributed by atoms with Crippen molar-refractivity contribution in [2.24, 2.45) is 0 Å². The highest BCUT2D eigenvalue weighted by Gasteiger charge is 2.25. The summed E-state index contributed by atoms with van der Waals surface area (Å²) in [5.74, 6) is 0. The number of carbonyl (C=O) groups is 1. The lowest BCUT2D eigenvalue weighted by Gasteiger charge is -2.35. The fourth-order valence-corrected chi connectivity index (χ4v) is 2.07. The molecule has 1 fully saturated rings. The van der Waals surface area contributed by atoms with Crippen LogP contribution in [0, 0.1) is 0 Å². The van der Waals surface area contributed by atoms with Crippen molar-refractivity contribution in [2.75, 3.05) is 32.7 Å². The average Bonchev–Trinajstić information content (AvgIpc) is 2.88. The average molecular weight is 281 g/mol. The summed E-state index contributed by atoms with van der Waals surface area (Å²) in [5, 5.41) is 4.08. The van der Waals surface area contributed by atoms with E-state index >= 15 is 0 Å². The van der Waals surface area contributed by atoms with Crippen molar-refractivity contribution in [3.8, 4) is 0 Å². The summed E-state index contributed by atoms with van der Waals surface area (Å²) in [4.78, 5) is 19.9. The summed E-state index contributed by atoms with van der Waals surface area (Å²) in [7, 11) is 0. The number of amides is 1. The van der Waals surface area contributed by atoms with E-state index in [1.54, 1.807) is 17.6 Å². The van der Waals surface area contributed by atoms with E-state index in [1.807, 2.05) is 25.5 Å². The number of nitrogens with zero attached hydrogens (tertiary/aromatic N) is 5. The topological polar surface area (TPSA) is 63.5 Å². The minimum Gasteiger partial charge on any atom is -0.444 e. The third-order valence-electron chi connectivity index (χ3n) is 3.14. The van der Waals surface area contributed by atoms with Crippen LogP contribution in [-0.2, 0) is 11.3 Å². The molecule has 1 amide bonds. The van der Waals surface area contributed by atoms with Gasteiger partial charge in [0.05, 0.1) is 6.54 Å². The number of rotatable bonds is 3. The van der Waals surface area contributed by atoms with E-state index in [9.17, 15) is 4.79 Å². The monoisotopic (exact) mass is 281 g/mol. The van der Waals surface area contributed by atoms with Gasteiger partial charge in [-0.1, -0.05) is 0 Å². The van der Waals surface area contributed by atoms with Gasteiger partial charge in [0, 0.05) is 32.7 Å². The van der Waals surface area contributed by atoms with Gasteiger partial charge in [-0.2, -0.15) is 5.10 Å². The van der Waals surface area contributed by atoms with Gasteiger partial charge in [-0.05, 0) is 20.8 Å². The quantitative estimate of drug-likeness (QED) is 0.821. The van der Waals surface area contributed by atoms with E-state index < -0.39 is 5.60 Å². The minimum absolute atomic E-state index is 0.214. The maximum Gasteiger partial charge on any atom is 0.410 e. The van der Waals surface area contributed by atoms with Crippen LogP contribution >= 0.6 is 0 Å². The van der Waals surface area contributed by atoms with E-state index in [1.165, 1.54) is 0 Å². The Morgan fingerprint density at radius 3 is 2.45 bits per heavy atom. The first-order valence-corrected chi connectivity index (χ1v) is 6.97. The molecule has 7 heteroatoms. The van der Waals surface area contributed by atoms with E-state index in [0.29, 0.717) is 13.1 Å². The highest BCUT2D eigenvalue weighted by molar-refractivity contribution is 5.68. The SMILES string of the molecule is CC(C)(C)OC(=O)N1CCN(CCn2cncn2)CC1. The van der Waals surface area contributed by atoms with E-state index in [4.69, 9.17) is 4.74 Å². The van der Waals surface area contributed by atoms with Crippen molar-refractivity contribution < 1.29 is 9.53 Å². The van der Waals surface area contributed by atoms with Gasteiger partial charge in [0.1, 0.15) is 18.3 Å². The van der Waals surface area contributed by atoms with Crippen molar-refractivity contribution >= 4 is 6.09 Å². The van der Waals surface area contributed by atoms with Crippen LogP contribution in [0.15, 0.2) is 12.7 Å². The second-order valence-electron chi connectivity index (χ2n) is 5.97. The van der Waals surface area contributed by atoms with Crippen LogP contribution in [0.2, 0.25) is 0 Å². The number of ether oxygens (including phenoxy) is 1. The Hall–Kier alpha value is -1.63. The van der Waals surface area contributed by atoms with Crippen LogP contribution in [0.1, 0.15) is 20.8 Å². The first-order valence-electron chi connectivity index (χ1n) is 6.97. The zero-order valence-electron chi connectivity index (χ0n) is 12.4. The predicted octanol–water partition coefficient (Wildman–Crippen LogP) is 0.831. The summed E-state index contributed by atoms with van der Waals surface area (Å²) in [5.41, 5.74) is -0.429. The van der Waals surface area contributed by atoms with Crippen LogP contribution in [0.25, 0.3) is 0 Å². The smallest absolute Gasteiger partial charge is 0.410 e. The van der Waals surface area contributed by atoms with Crippen LogP contribution in [-0.4, -0.2) is 69.0 Å². The van der Waals surface area contributed by atoms with Gasteiger partial charge >= 0.3 is 6.09 Å². The molecule has 0 unspecified atom stereocenters. The molecule has 1 aliphatic rings. The fourth-order valence-electron chi connectivity index (χ4n) is 2.07. The molecule has 2 rings (SSSR count). The Bertz CT molecular complexity index is 418. The zero-order valence-corrected chi connectivity index (χ0v) is 12.4. The Morgan fingerprint density at radius 1 is 1.20 bits per heavy atom. The van der Waals surface area contributed by atoms with Crippen molar-refractivity contribution in [1.29, 1.82) is 0 Å². The third kappa shape index (κ3) is 4.48. The van der Waals surface area contributed by atoms with Gasteiger partial charge in [0.2, 0.25) is 0 Å². The molecule has 2 heterocycles. The zero-order chi connectivity index (χ0) is 14.6. The molecule has 1 aromatic rings. The molecule has 1 aliphatic heterocycles. The molecular formula is C13H23N5O2. The van der Waals surface area contributed by atoms with Crippen molar-refractivity contribution in [3.63, 3.8) is 0 Å². The molecule has 1 saturated heterocycles. The van der Waals surface area contributed by atoms with Crippen LogP contribution in [0.5, 0.6) is 0 Å². The van der Waals surface area contributed by atoms with Crippen molar-refractivity contribution in [1.82, 2.24) is 24.6 Å². The molecule has 20 heavy (non-hydrogen) atoms. The molecular weight excluding hydrogens is 258 g/mol. The number of carbonyl (C=O) groups excluding carboxylic acids is 1. The lowest BCUT2D eigenvalue weighted by atomic mass is 10.2.